The lowest BCUT2D eigenvalue weighted by molar-refractivity contribution is 1.51. The third-order valence-corrected chi connectivity index (χ3v) is 3.37. The van der Waals surface area contributed by atoms with E-state index < -0.39 is 0 Å². The van der Waals surface area contributed by atoms with Crippen molar-refractivity contribution < 1.29 is 0 Å². The Hall–Kier alpha value is -1.08. The Kier molecular flexibility index (Phi) is 1.97. The molecule has 0 aliphatic rings. The fraction of sp³-hybridized carbons (Fsp3) is 0.167. The number of hydrogen-bond donors (Lipinski definition) is 0. The summed E-state index contributed by atoms with van der Waals surface area (Å²) in [7, 11) is 0. The second kappa shape index (κ2) is 3.00. The molecule has 0 saturated carbocycles. The lowest BCUT2D eigenvalue weighted by Gasteiger charge is -1.89. The van der Waals surface area contributed by atoms with Gasteiger partial charge in [0.25, 0.3) is 0 Å². The highest BCUT2D eigenvalue weighted by Gasteiger charge is 2.01. The van der Waals surface area contributed by atoms with Crippen molar-refractivity contribution in [1.82, 2.24) is 0 Å². The number of thiophene rings is 1. The summed E-state index contributed by atoms with van der Waals surface area (Å²) in [4.78, 5) is 1.29. The third kappa shape index (κ3) is 1.52. The minimum atomic E-state index is 1.15. The third-order valence-electron chi connectivity index (χ3n) is 2.09. The minimum absolute atomic E-state index is 1.15. The molecule has 1 heteroatoms. The van der Waals surface area contributed by atoms with Gasteiger partial charge in [-0.3, -0.25) is 0 Å². The summed E-state index contributed by atoms with van der Waals surface area (Å²) in [6.45, 7) is 8.13. The van der Waals surface area contributed by atoms with Crippen molar-refractivity contribution in [3.8, 4) is 0 Å². The van der Waals surface area contributed by atoms with Crippen LogP contribution in [0.4, 0.5) is 0 Å². The predicted octanol–water partition coefficient (Wildman–Crippen LogP) is 4.24. The Morgan fingerprint density at radius 2 is 2.08 bits per heavy atom. The summed E-state index contributed by atoms with van der Waals surface area (Å²) in [6, 6.07) is 8.77. The van der Waals surface area contributed by atoms with Gasteiger partial charge in [0, 0.05) is 9.58 Å². The maximum Gasteiger partial charge on any atom is 0.0349 e. The van der Waals surface area contributed by atoms with E-state index in [4.69, 9.17) is 0 Å². The summed E-state index contributed by atoms with van der Waals surface area (Å²) in [5, 5.41) is 1.34. The number of benzene rings is 1. The van der Waals surface area contributed by atoms with E-state index in [9.17, 15) is 0 Å². The SMILES string of the molecule is C=C(C)c1cc2cc(C)ccc2s1. The van der Waals surface area contributed by atoms with Gasteiger partial charge in [0.2, 0.25) is 0 Å². The zero-order chi connectivity index (χ0) is 9.42. The molecule has 0 saturated heterocycles. The van der Waals surface area contributed by atoms with Gasteiger partial charge in [-0.05, 0) is 36.9 Å². The van der Waals surface area contributed by atoms with Crippen LogP contribution in [0.5, 0.6) is 0 Å². The molecule has 0 N–H and O–H groups in total. The van der Waals surface area contributed by atoms with Gasteiger partial charge in [0.15, 0.2) is 0 Å². The fourth-order valence-electron chi connectivity index (χ4n) is 1.37. The highest BCUT2D eigenvalue weighted by molar-refractivity contribution is 7.20. The van der Waals surface area contributed by atoms with Gasteiger partial charge in [-0.15, -0.1) is 11.3 Å². The lowest BCUT2D eigenvalue weighted by Crippen LogP contribution is -1.67. The van der Waals surface area contributed by atoms with Crippen molar-refractivity contribution in [3.63, 3.8) is 0 Å². The first-order valence-electron chi connectivity index (χ1n) is 4.33. The van der Waals surface area contributed by atoms with Crippen LogP contribution in [0.3, 0.4) is 0 Å². The summed E-state index contributed by atoms with van der Waals surface area (Å²) in [5.41, 5.74) is 2.47. The van der Waals surface area contributed by atoms with Gasteiger partial charge in [-0.2, -0.15) is 0 Å². The second-order valence-electron chi connectivity index (χ2n) is 3.43. The summed E-state index contributed by atoms with van der Waals surface area (Å²) in [5.74, 6) is 0. The smallest absolute Gasteiger partial charge is 0.0349 e. The van der Waals surface area contributed by atoms with E-state index in [0.717, 1.165) is 5.57 Å². The molecular formula is C12H12S. The van der Waals surface area contributed by atoms with Crippen molar-refractivity contribution in [2.24, 2.45) is 0 Å². The zero-order valence-corrected chi connectivity index (χ0v) is 8.74. The van der Waals surface area contributed by atoms with E-state index in [1.165, 1.54) is 20.5 Å². The van der Waals surface area contributed by atoms with Crippen LogP contribution in [0, 0.1) is 6.92 Å². The molecule has 1 aromatic heterocycles. The van der Waals surface area contributed by atoms with E-state index >= 15 is 0 Å². The summed E-state index contributed by atoms with van der Waals surface area (Å²) < 4.78 is 1.35. The summed E-state index contributed by atoms with van der Waals surface area (Å²) >= 11 is 1.81. The highest BCUT2D eigenvalue weighted by atomic mass is 32.1. The molecular weight excluding hydrogens is 176 g/mol. The zero-order valence-electron chi connectivity index (χ0n) is 7.92. The monoisotopic (exact) mass is 188 g/mol. The predicted molar refractivity (Wildman–Crippen MR) is 61.3 cm³/mol. The normalized spacial score (nSPS) is 10.6. The van der Waals surface area contributed by atoms with Crippen LogP contribution in [0.1, 0.15) is 17.4 Å². The van der Waals surface area contributed by atoms with Crippen LogP contribution in [0.15, 0.2) is 30.8 Å². The molecule has 0 radical (unpaired) electrons. The molecule has 2 rings (SSSR count). The average molecular weight is 188 g/mol. The first-order chi connectivity index (χ1) is 6.16. The van der Waals surface area contributed by atoms with Gasteiger partial charge < -0.3 is 0 Å². The Morgan fingerprint density at radius 1 is 1.31 bits per heavy atom. The number of allylic oxidation sites excluding steroid dienone is 1. The van der Waals surface area contributed by atoms with Crippen LogP contribution >= 0.6 is 11.3 Å². The largest absolute Gasteiger partial charge is 0.136 e. The molecule has 0 bridgehead atoms. The standard InChI is InChI=1S/C12H12S/c1-8(2)12-7-10-6-9(3)4-5-11(10)13-12/h4-7H,1H2,2-3H3. The molecule has 0 atom stereocenters. The first-order valence-corrected chi connectivity index (χ1v) is 5.14. The van der Waals surface area contributed by atoms with Crippen LogP contribution in [0.2, 0.25) is 0 Å². The van der Waals surface area contributed by atoms with Crippen LogP contribution in [-0.2, 0) is 0 Å². The Morgan fingerprint density at radius 3 is 2.77 bits per heavy atom. The van der Waals surface area contributed by atoms with Crippen molar-refractivity contribution in [3.05, 3.63) is 41.3 Å². The molecule has 0 unspecified atom stereocenters. The van der Waals surface area contributed by atoms with Crippen LogP contribution < -0.4 is 0 Å². The molecule has 0 aliphatic carbocycles. The molecule has 1 aromatic carbocycles. The molecule has 0 amide bonds. The van der Waals surface area contributed by atoms with E-state index in [-0.39, 0.29) is 0 Å². The minimum Gasteiger partial charge on any atom is -0.136 e. The van der Waals surface area contributed by atoms with Crippen molar-refractivity contribution in [2.75, 3.05) is 0 Å². The molecule has 66 valence electrons. The second-order valence-corrected chi connectivity index (χ2v) is 4.52. The van der Waals surface area contributed by atoms with Crippen molar-refractivity contribution >= 4 is 27.0 Å². The quantitative estimate of drug-likeness (QED) is 0.628. The molecule has 0 nitrogen and oxygen atoms in total. The number of hydrogen-bond acceptors (Lipinski definition) is 1. The van der Waals surface area contributed by atoms with E-state index in [2.05, 4.69) is 44.7 Å². The molecule has 0 fully saturated rings. The first kappa shape index (κ1) is 8.52. The maximum absolute atomic E-state index is 3.95. The summed E-state index contributed by atoms with van der Waals surface area (Å²) in [6.07, 6.45) is 0. The van der Waals surface area contributed by atoms with Crippen molar-refractivity contribution in [2.45, 2.75) is 13.8 Å². The number of rotatable bonds is 1. The van der Waals surface area contributed by atoms with Crippen molar-refractivity contribution in [1.29, 1.82) is 0 Å². The molecule has 2 aromatic rings. The maximum atomic E-state index is 3.95. The lowest BCUT2D eigenvalue weighted by atomic mass is 10.2. The number of aryl methyl sites for hydroxylation is 1. The topological polar surface area (TPSA) is 0 Å². The van der Waals surface area contributed by atoms with Crippen LogP contribution in [0.25, 0.3) is 15.7 Å². The molecule has 1 heterocycles. The van der Waals surface area contributed by atoms with Gasteiger partial charge >= 0.3 is 0 Å². The Bertz CT molecular complexity index is 463. The number of fused-ring (bicyclic) bond motifs is 1. The Labute approximate surface area is 82.5 Å². The van der Waals surface area contributed by atoms with Gasteiger partial charge in [-0.25, -0.2) is 0 Å². The molecule has 0 aliphatic heterocycles. The van der Waals surface area contributed by atoms with Crippen LogP contribution in [-0.4, -0.2) is 0 Å². The molecule has 13 heavy (non-hydrogen) atoms. The van der Waals surface area contributed by atoms with Gasteiger partial charge in [0.05, 0.1) is 0 Å². The van der Waals surface area contributed by atoms with E-state index in [1.54, 1.807) is 0 Å². The van der Waals surface area contributed by atoms with Gasteiger partial charge in [-0.1, -0.05) is 24.3 Å². The van der Waals surface area contributed by atoms with E-state index in [0.29, 0.717) is 0 Å². The van der Waals surface area contributed by atoms with Gasteiger partial charge in [0.1, 0.15) is 0 Å². The molecule has 0 spiro atoms. The Balaban J connectivity index is 2.68. The van der Waals surface area contributed by atoms with E-state index in [1.807, 2.05) is 11.3 Å². The fourth-order valence-corrected chi connectivity index (χ4v) is 2.34. The highest BCUT2D eigenvalue weighted by Crippen LogP contribution is 2.29. The average Bonchev–Trinajstić information content (AvgIpc) is 2.46.